The van der Waals surface area contributed by atoms with Crippen molar-refractivity contribution in [3.63, 3.8) is 0 Å². The zero-order valence-electron chi connectivity index (χ0n) is 14.2. The molecule has 1 unspecified atom stereocenters. The summed E-state index contributed by atoms with van der Waals surface area (Å²) >= 11 is 0. The average Bonchev–Trinajstić information content (AvgIpc) is 3.00. The van der Waals surface area contributed by atoms with E-state index in [2.05, 4.69) is 36.6 Å². The molecule has 1 aromatic rings. The van der Waals surface area contributed by atoms with Crippen LogP contribution in [0.3, 0.4) is 0 Å². The van der Waals surface area contributed by atoms with Crippen molar-refractivity contribution in [2.24, 2.45) is 5.92 Å². The van der Waals surface area contributed by atoms with Gasteiger partial charge in [0.15, 0.2) is 0 Å². The molecule has 140 valence electrons. The van der Waals surface area contributed by atoms with Crippen molar-refractivity contribution in [3.8, 4) is 0 Å². The highest BCUT2D eigenvalue weighted by atomic mass is 19.4. The van der Waals surface area contributed by atoms with Crippen molar-refractivity contribution in [2.45, 2.75) is 38.8 Å². The summed E-state index contributed by atoms with van der Waals surface area (Å²) in [4.78, 5) is 20.7. The molecule has 0 aromatic heterocycles. The van der Waals surface area contributed by atoms with E-state index in [1.165, 1.54) is 5.56 Å². The highest BCUT2D eigenvalue weighted by molar-refractivity contribution is 5.90. The molecule has 1 aliphatic heterocycles. The first-order valence-corrected chi connectivity index (χ1v) is 8.00. The Morgan fingerprint density at radius 1 is 1.28 bits per heavy atom. The van der Waals surface area contributed by atoms with Gasteiger partial charge in [0.2, 0.25) is 5.91 Å². The van der Waals surface area contributed by atoms with Gasteiger partial charge in [-0.25, -0.2) is 4.79 Å². The number of anilines is 1. The van der Waals surface area contributed by atoms with Crippen LogP contribution in [0.15, 0.2) is 24.3 Å². The largest absolute Gasteiger partial charge is 0.490 e. The van der Waals surface area contributed by atoms with Crippen LogP contribution in [0.2, 0.25) is 0 Å². The van der Waals surface area contributed by atoms with E-state index in [0.29, 0.717) is 18.3 Å². The molecule has 1 saturated heterocycles. The highest BCUT2D eigenvalue weighted by Gasteiger charge is 2.38. The summed E-state index contributed by atoms with van der Waals surface area (Å²) in [6, 6.07) is 8.13. The predicted molar refractivity (Wildman–Crippen MR) is 88.4 cm³/mol. The van der Waals surface area contributed by atoms with Crippen molar-refractivity contribution in [2.75, 3.05) is 18.4 Å². The molecule has 1 atom stereocenters. The topological polar surface area (TPSA) is 78.4 Å². The normalized spacial score (nSPS) is 17.0. The van der Waals surface area contributed by atoms with E-state index in [-0.39, 0.29) is 5.91 Å². The molecule has 0 bridgehead atoms. The van der Waals surface area contributed by atoms with Crippen LogP contribution in [0.1, 0.15) is 38.2 Å². The summed E-state index contributed by atoms with van der Waals surface area (Å²) < 4.78 is 31.7. The van der Waals surface area contributed by atoms with Gasteiger partial charge in [-0.15, -0.1) is 0 Å². The Morgan fingerprint density at radius 2 is 1.84 bits per heavy atom. The molecular weight excluding hydrogens is 337 g/mol. The lowest BCUT2D eigenvalue weighted by atomic mass is 10.0. The molecule has 3 N–H and O–H groups in total. The number of hydrogen-bond donors (Lipinski definition) is 3. The average molecular weight is 360 g/mol. The van der Waals surface area contributed by atoms with Crippen molar-refractivity contribution in [1.82, 2.24) is 5.32 Å². The van der Waals surface area contributed by atoms with Crippen molar-refractivity contribution >= 4 is 17.6 Å². The minimum Gasteiger partial charge on any atom is -0.475 e. The summed E-state index contributed by atoms with van der Waals surface area (Å²) in [7, 11) is 0. The van der Waals surface area contributed by atoms with Crippen LogP contribution < -0.4 is 10.6 Å². The third-order valence-corrected chi connectivity index (χ3v) is 3.74. The number of aliphatic carboxylic acids is 1. The molecule has 1 fully saturated rings. The Kier molecular flexibility index (Phi) is 7.89. The predicted octanol–water partition coefficient (Wildman–Crippen LogP) is 3.38. The van der Waals surface area contributed by atoms with Crippen LogP contribution >= 0.6 is 0 Å². The second kappa shape index (κ2) is 9.41. The number of nitrogens with one attached hydrogen (secondary N) is 2. The van der Waals surface area contributed by atoms with Crippen molar-refractivity contribution in [1.29, 1.82) is 0 Å². The first kappa shape index (κ1) is 21.0. The van der Waals surface area contributed by atoms with Gasteiger partial charge in [0.25, 0.3) is 0 Å². The number of benzene rings is 1. The number of hydrogen-bond acceptors (Lipinski definition) is 3. The number of carboxylic acid groups (broad SMARTS) is 1. The van der Waals surface area contributed by atoms with E-state index in [1.807, 2.05) is 12.1 Å². The van der Waals surface area contributed by atoms with E-state index in [9.17, 15) is 18.0 Å². The quantitative estimate of drug-likeness (QED) is 0.769. The smallest absolute Gasteiger partial charge is 0.475 e. The molecule has 0 radical (unpaired) electrons. The molecule has 1 heterocycles. The summed E-state index contributed by atoms with van der Waals surface area (Å²) in [6.07, 6.45) is -3.35. The SMILES string of the molecule is CC(C)c1ccc(NC(=O)CC2CCNC2)cc1.O=C(O)C(F)(F)F. The van der Waals surface area contributed by atoms with Crippen LogP contribution in [-0.2, 0) is 9.59 Å². The van der Waals surface area contributed by atoms with Gasteiger partial charge in [-0.05, 0) is 49.0 Å². The number of carbonyl (C=O) groups is 2. The monoisotopic (exact) mass is 360 g/mol. The zero-order chi connectivity index (χ0) is 19.0. The molecule has 0 spiro atoms. The minimum atomic E-state index is -5.08. The van der Waals surface area contributed by atoms with Gasteiger partial charge < -0.3 is 15.7 Å². The lowest BCUT2D eigenvalue weighted by Crippen LogP contribution is -2.21. The van der Waals surface area contributed by atoms with Gasteiger partial charge >= 0.3 is 12.1 Å². The molecule has 1 aromatic carbocycles. The van der Waals surface area contributed by atoms with E-state index in [1.54, 1.807) is 0 Å². The lowest BCUT2D eigenvalue weighted by Gasteiger charge is -2.10. The zero-order valence-corrected chi connectivity index (χ0v) is 14.2. The number of alkyl halides is 3. The molecule has 8 heteroatoms. The summed E-state index contributed by atoms with van der Waals surface area (Å²) in [5.41, 5.74) is 2.20. The van der Waals surface area contributed by atoms with E-state index >= 15 is 0 Å². The van der Waals surface area contributed by atoms with Crippen LogP contribution in [0.25, 0.3) is 0 Å². The number of halogens is 3. The Morgan fingerprint density at radius 3 is 2.24 bits per heavy atom. The third kappa shape index (κ3) is 8.02. The molecule has 25 heavy (non-hydrogen) atoms. The molecule has 1 amide bonds. The van der Waals surface area contributed by atoms with Crippen LogP contribution in [0.5, 0.6) is 0 Å². The van der Waals surface area contributed by atoms with Gasteiger partial charge in [0, 0.05) is 12.1 Å². The molecule has 5 nitrogen and oxygen atoms in total. The molecule has 1 aliphatic rings. The fourth-order valence-electron chi connectivity index (χ4n) is 2.31. The van der Waals surface area contributed by atoms with Gasteiger partial charge in [-0.1, -0.05) is 26.0 Å². The van der Waals surface area contributed by atoms with Gasteiger partial charge in [-0.2, -0.15) is 13.2 Å². The maximum absolute atomic E-state index is 11.8. The fourth-order valence-corrected chi connectivity index (χ4v) is 2.31. The second-order valence-corrected chi connectivity index (χ2v) is 6.19. The molecular formula is C17H23F3N2O3. The summed E-state index contributed by atoms with van der Waals surface area (Å²) in [6.45, 7) is 6.35. The molecule has 2 rings (SSSR count). The summed E-state index contributed by atoms with van der Waals surface area (Å²) in [5.74, 6) is -1.60. The Hall–Kier alpha value is -2.09. The first-order valence-electron chi connectivity index (χ1n) is 8.00. The Labute approximate surface area is 144 Å². The van der Waals surface area contributed by atoms with Gasteiger partial charge in [0.05, 0.1) is 0 Å². The lowest BCUT2D eigenvalue weighted by molar-refractivity contribution is -0.192. The van der Waals surface area contributed by atoms with Crippen molar-refractivity contribution < 1.29 is 27.9 Å². The Balaban J connectivity index is 0.000000381. The third-order valence-electron chi connectivity index (χ3n) is 3.74. The van der Waals surface area contributed by atoms with E-state index in [4.69, 9.17) is 9.90 Å². The number of carboxylic acids is 1. The maximum Gasteiger partial charge on any atom is 0.490 e. The number of rotatable bonds is 4. The summed E-state index contributed by atoms with van der Waals surface area (Å²) in [5, 5.41) is 13.4. The van der Waals surface area contributed by atoms with Crippen LogP contribution in [-0.4, -0.2) is 36.2 Å². The minimum absolute atomic E-state index is 0.126. The molecule has 0 aliphatic carbocycles. The Bertz CT molecular complexity index is 565. The molecule has 0 saturated carbocycles. The van der Waals surface area contributed by atoms with Gasteiger partial charge in [-0.3, -0.25) is 4.79 Å². The number of amides is 1. The standard InChI is InChI=1S/C15H22N2O.C2HF3O2/c1-11(2)13-3-5-14(6-4-13)17-15(18)9-12-7-8-16-10-12;3-2(4,5)1(6)7/h3-6,11-12,16H,7-10H2,1-2H3,(H,17,18);(H,6,7). The maximum atomic E-state index is 11.8. The second-order valence-electron chi connectivity index (χ2n) is 6.19. The first-order chi connectivity index (χ1) is 11.6. The van der Waals surface area contributed by atoms with Crippen LogP contribution in [0, 0.1) is 5.92 Å². The van der Waals surface area contributed by atoms with E-state index in [0.717, 1.165) is 25.2 Å². The van der Waals surface area contributed by atoms with Gasteiger partial charge in [0.1, 0.15) is 0 Å². The van der Waals surface area contributed by atoms with Crippen molar-refractivity contribution in [3.05, 3.63) is 29.8 Å². The van der Waals surface area contributed by atoms with E-state index < -0.39 is 12.1 Å². The number of carbonyl (C=O) groups excluding carboxylic acids is 1. The fraction of sp³-hybridized carbons (Fsp3) is 0.529. The highest BCUT2D eigenvalue weighted by Crippen LogP contribution is 2.18. The van der Waals surface area contributed by atoms with Crippen LogP contribution in [0.4, 0.5) is 18.9 Å².